The zero-order chi connectivity index (χ0) is 36.7. The molecule has 2 aliphatic rings. The van der Waals surface area contributed by atoms with Gasteiger partial charge in [0.15, 0.2) is 17.5 Å². The Bertz CT molecular complexity index is 1750. The molecule has 0 radical (unpaired) electrons. The van der Waals surface area contributed by atoms with Gasteiger partial charge in [-0.1, -0.05) is 73.6 Å². The lowest BCUT2D eigenvalue weighted by Gasteiger charge is -2.35. The number of carbonyl (C=O) groups is 3. The number of hydrogen-bond acceptors (Lipinski definition) is 9. The maximum absolute atomic E-state index is 14.8. The molecular formula is C36H50N4O7S2. The largest absolute Gasteiger partial charge is 0.433 e. The number of benzene rings is 2. The number of imide groups is 1. The minimum absolute atomic E-state index is 0.0345. The van der Waals surface area contributed by atoms with Gasteiger partial charge in [0.05, 0.1) is 11.4 Å². The molecule has 2 aromatic rings. The molecule has 268 valence electrons. The van der Waals surface area contributed by atoms with Crippen LogP contribution in [-0.2, 0) is 34.5 Å². The maximum Gasteiger partial charge on any atom is 0.418 e. The summed E-state index contributed by atoms with van der Waals surface area (Å²) in [5, 5.41) is 3.00. The summed E-state index contributed by atoms with van der Waals surface area (Å²) in [5.74, 6) is -1.89. The van der Waals surface area contributed by atoms with Crippen molar-refractivity contribution in [1.82, 2.24) is 9.21 Å². The van der Waals surface area contributed by atoms with Crippen LogP contribution in [0.4, 0.5) is 16.2 Å². The van der Waals surface area contributed by atoms with Crippen LogP contribution in [0.2, 0.25) is 0 Å². The van der Waals surface area contributed by atoms with Crippen LogP contribution in [0.1, 0.15) is 87.6 Å². The fourth-order valence-electron chi connectivity index (χ4n) is 6.23. The first-order valence-electron chi connectivity index (χ1n) is 16.4. The predicted octanol–water partition coefficient (Wildman–Crippen LogP) is 7.13. The smallest absolute Gasteiger partial charge is 0.418 e. The van der Waals surface area contributed by atoms with E-state index in [4.69, 9.17) is 9.47 Å². The van der Waals surface area contributed by atoms with Gasteiger partial charge in [-0.25, -0.2) is 23.1 Å². The molecule has 2 aliphatic heterocycles. The van der Waals surface area contributed by atoms with E-state index in [9.17, 15) is 22.8 Å². The zero-order valence-corrected chi connectivity index (χ0v) is 32.1. The Balaban J connectivity index is 1.91. The van der Waals surface area contributed by atoms with Gasteiger partial charge < -0.3 is 14.8 Å². The van der Waals surface area contributed by atoms with Gasteiger partial charge in [0.1, 0.15) is 4.90 Å². The highest BCUT2D eigenvalue weighted by atomic mass is 32.2. The summed E-state index contributed by atoms with van der Waals surface area (Å²) >= 11 is 1.61. The minimum atomic E-state index is -4.26. The molecule has 0 aliphatic carbocycles. The summed E-state index contributed by atoms with van der Waals surface area (Å²) in [6.07, 6.45) is 0.0530. The lowest BCUT2D eigenvalue weighted by atomic mass is 9.86. The van der Waals surface area contributed by atoms with Crippen molar-refractivity contribution in [2.24, 2.45) is 10.4 Å². The van der Waals surface area contributed by atoms with Crippen LogP contribution in [0.15, 0.2) is 57.2 Å². The van der Waals surface area contributed by atoms with Crippen molar-refractivity contribution in [2.75, 3.05) is 25.6 Å². The Labute approximate surface area is 295 Å². The topological polar surface area (TPSA) is 135 Å². The van der Waals surface area contributed by atoms with E-state index in [0.717, 1.165) is 21.2 Å². The highest BCUT2D eigenvalue weighted by Gasteiger charge is 2.55. The molecule has 2 heterocycles. The van der Waals surface area contributed by atoms with E-state index in [2.05, 4.69) is 65.7 Å². The van der Waals surface area contributed by atoms with Gasteiger partial charge in [-0.05, 0) is 67.3 Å². The molecule has 1 N–H and O–H groups in total. The first-order valence-corrected chi connectivity index (χ1v) is 18.6. The first-order chi connectivity index (χ1) is 22.5. The lowest BCUT2D eigenvalue weighted by Crippen LogP contribution is -2.59. The first kappa shape index (κ1) is 38.4. The number of aliphatic imine (C=N–C) groups is 1. The van der Waals surface area contributed by atoms with Crippen LogP contribution in [-0.4, -0.2) is 78.0 Å². The van der Waals surface area contributed by atoms with E-state index >= 15 is 0 Å². The molecule has 3 amide bonds. The van der Waals surface area contributed by atoms with Crippen molar-refractivity contribution in [1.29, 1.82) is 0 Å². The molecule has 0 saturated carbocycles. The molecule has 1 fully saturated rings. The zero-order valence-electron chi connectivity index (χ0n) is 30.5. The fourth-order valence-corrected chi connectivity index (χ4v) is 9.30. The van der Waals surface area contributed by atoms with E-state index in [1.54, 1.807) is 23.9 Å². The van der Waals surface area contributed by atoms with E-state index < -0.39 is 39.6 Å². The van der Waals surface area contributed by atoms with Crippen molar-refractivity contribution in [3.05, 3.63) is 48.0 Å². The third kappa shape index (κ3) is 8.49. The second-order valence-corrected chi connectivity index (χ2v) is 19.4. The molecular weight excluding hydrogens is 665 g/mol. The van der Waals surface area contributed by atoms with E-state index in [0.29, 0.717) is 10.6 Å². The number of ether oxygens (including phenoxy) is 2. The lowest BCUT2D eigenvalue weighted by molar-refractivity contribution is -0.137. The monoisotopic (exact) mass is 714 g/mol. The molecule has 4 rings (SSSR count). The molecule has 13 heteroatoms. The van der Waals surface area contributed by atoms with Crippen molar-refractivity contribution in [2.45, 2.75) is 114 Å². The number of nitrogens with zero attached hydrogens (tertiary/aromatic N) is 3. The van der Waals surface area contributed by atoms with Crippen LogP contribution in [0, 0.1) is 5.41 Å². The normalized spacial score (nSPS) is 18.1. The number of amidine groups is 1. The number of amides is 3. The summed E-state index contributed by atoms with van der Waals surface area (Å²) in [4.78, 5) is 48.1. The van der Waals surface area contributed by atoms with Gasteiger partial charge >= 0.3 is 6.09 Å². The molecule has 2 aromatic carbocycles. The third-order valence-electron chi connectivity index (χ3n) is 8.10. The number of methoxy groups -OCH3 is 1. The van der Waals surface area contributed by atoms with Crippen molar-refractivity contribution >= 4 is 56.9 Å². The SMILES string of the molecule is COCCCN1C(C(C(=O)Nc2cc(C(C)(C)C)ccc2SC(C)(C)CC(C)(C)C)N2C(=O)OC(C)(C)C2=O)=Nc2ccccc2S1(=O)=O. The van der Waals surface area contributed by atoms with Gasteiger partial charge in [0.25, 0.3) is 21.8 Å². The van der Waals surface area contributed by atoms with Crippen molar-refractivity contribution in [3.8, 4) is 0 Å². The molecule has 1 saturated heterocycles. The number of anilines is 1. The Kier molecular flexibility index (Phi) is 10.7. The Hall–Kier alpha value is -3.42. The molecule has 0 bridgehead atoms. The van der Waals surface area contributed by atoms with Crippen LogP contribution < -0.4 is 5.32 Å². The summed E-state index contributed by atoms with van der Waals surface area (Å²) in [5.41, 5.74) is -0.320. The number of cyclic esters (lactones) is 1. The van der Waals surface area contributed by atoms with Gasteiger partial charge in [-0.2, -0.15) is 0 Å². The van der Waals surface area contributed by atoms with E-state index in [1.807, 2.05) is 18.2 Å². The Morgan fingerprint density at radius 3 is 2.27 bits per heavy atom. The van der Waals surface area contributed by atoms with Gasteiger partial charge in [-0.3, -0.25) is 13.9 Å². The van der Waals surface area contributed by atoms with Crippen LogP contribution >= 0.6 is 11.8 Å². The number of para-hydroxylation sites is 1. The Morgan fingerprint density at radius 2 is 1.69 bits per heavy atom. The highest BCUT2D eigenvalue weighted by Crippen LogP contribution is 2.45. The second-order valence-electron chi connectivity index (χ2n) is 15.9. The molecule has 1 unspecified atom stereocenters. The van der Waals surface area contributed by atoms with Crippen LogP contribution in [0.3, 0.4) is 0 Å². The third-order valence-corrected chi connectivity index (χ3v) is 11.2. The predicted molar refractivity (Wildman–Crippen MR) is 193 cm³/mol. The van der Waals surface area contributed by atoms with Crippen molar-refractivity contribution in [3.63, 3.8) is 0 Å². The van der Waals surface area contributed by atoms with E-state index in [-0.39, 0.29) is 51.6 Å². The van der Waals surface area contributed by atoms with Crippen LogP contribution in [0.25, 0.3) is 0 Å². The van der Waals surface area contributed by atoms with Crippen LogP contribution in [0.5, 0.6) is 0 Å². The number of carbonyl (C=O) groups excluding carboxylic acids is 3. The summed E-state index contributed by atoms with van der Waals surface area (Å²) in [6.45, 7) is 20.0. The number of fused-ring (bicyclic) bond motifs is 1. The molecule has 11 nitrogen and oxygen atoms in total. The average molecular weight is 715 g/mol. The number of sulfonamides is 1. The second kappa shape index (κ2) is 13.7. The summed E-state index contributed by atoms with van der Waals surface area (Å²) < 4.78 is 39.6. The van der Waals surface area contributed by atoms with Crippen molar-refractivity contribution < 1.29 is 32.3 Å². The highest BCUT2D eigenvalue weighted by molar-refractivity contribution is 8.00. The summed E-state index contributed by atoms with van der Waals surface area (Å²) in [7, 11) is -2.76. The molecule has 0 spiro atoms. The number of thioether (sulfide) groups is 1. The molecule has 1 atom stereocenters. The molecule has 0 aromatic heterocycles. The van der Waals surface area contributed by atoms with Gasteiger partial charge in [0.2, 0.25) is 0 Å². The number of rotatable bonds is 11. The van der Waals surface area contributed by atoms with Gasteiger partial charge in [0, 0.05) is 29.9 Å². The average Bonchev–Trinajstić information content (AvgIpc) is 3.15. The maximum atomic E-state index is 14.8. The molecule has 49 heavy (non-hydrogen) atoms. The Morgan fingerprint density at radius 1 is 1.04 bits per heavy atom. The number of hydrogen-bond donors (Lipinski definition) is 1. The van der Waals surface area contributed by atoms with E-state index in [1.165, 1.54) is 33.1 Å². The fraction of sp³-hybridized carbons (Fsp3) is 0.556. The standard InChI is InChI=1S/C36H50N4O7S2/c1-33(2,3)22-35(7,8)48-26-18-17-23(34(4,5)6)21-25(26)38-30(41)28(40-31(42)36(9,10)47-32(40)43)29-37-24-15-12-13-16-27(24)49(44,45)39(29)19-14-20-46-11/h12-13,15-18,21,28H,14,19-20,22H2,1-11H3,(H,38,41). The quantitative estimate of drug-likeness (QED) is 0.192. The number of nitrogens with one attached hydrogen (secondary N) is 1. The minimum Gasteiger partial charge on any atom is -0.433 e. The van der Waals surface area contributed by atoms with Gasteiger partial charge in [-0.15, -0.1) is 11.8 Å². The summed E-state index contributed by atoms with van der Waals surface area (Å²) in [6, 6.07) is 10.3.